The number of thioether (sulfide) groups is 1. The van der Waals surface area contributed by atoms with Crippen LogP contribution in [-0.4, -0.2) is 34.8 Å². The molecule has 2 rings (SSSR count). The SMILES string of the molecule is CC(SCC1COc2ccccc2O1)C(=O)O. The molecule has 1 aromatic carbocycles. The van der Waals surface area contributed by atoms with Gasteiger partial charge in [0.25, 0.3) is 0 Å². The highest BCUT2D eigenvalue weighted by atomic mass is 32.2. The Bertz CT molecular complexity index is 407. The number of hydrogen-bond donors (Lipinski definition) is 1. The van der Waals surface area contributed by atoms with Crippen molar-refractivity contribution < 1.29 is 19.4 Å². The lowest BCUT2D eigenvalue weighted by atomic mass is 10.3. The minimum atomic E-state index is -0.799. The van der Waals surface area contributed by atoms with Gasteiger partial charge in [0.05, 0.1) is 5.25 Å². The zero-order valence-corrected chi connectivity index (χ0v) is 10.3. The number of carboxylic acid groups (broad SMARTS) is 1. The van der Waals surface area contributed by atoms with Crippen molar-refractivity contribution in [1.82, 2.24) is 0 Å². The van der Waals surface area contributed by atoms with Crippen LogP contribution < -0.4 is 9.47 Å². The van der Waals surface area contributed by atoms with E-state index in [1.807, 2.05) is 24.3 Å². The van der Waals surface area contributed by atoms with Crippen LogP contribution in [-0.2, 0) is 4.79 Å². The van der Waals surface area contributed by atoms with E-state index in [1.165, 1.54) is 11.8 Å². The molecular weight excluding hydrogens is 240 g/mol. The Morgan fingerprint density at radius 3 is 2.94 bits per heavy atom. The van der Waals surface area contributed by atoms with Crippen LogP contribution in [0.4, 0.5) is 0 Å². The van der Waals surface area contributed by atoms with Gasteiger partial charge in [-0.15, -0.1) is 11.8 Å². The summed E-state index contributed by atoms with van der Waals surface area (Å²) in [6, 6.07) is 7.49. The first-order valence-corrected chi connectivity index (χ1v) is 6.44. The summed E-state index contributed by atoms with van der Waals surface area (Å²) < 4.78 is 11.3. The van der Waals surface area contributed by atoms with E-state index < -0.39 is 11.2 Å². The minimum absolute atomic E-state index is 0.0864. The molecule has 17 heavy (non-hydrogen) atoms. The number of aliphatic carboxylic acids is 1. The highest BCUT2D eigenvalue weighted by Gasteiger charge is 2.22. The van der Waals surface area contributed by atoms with Gasteiger partial charge in [-0.3, -0.25) is 4.79 Å². The molecule has 0 spiro atoms. The molecule has 1 heterocycles. The Hall–Kier alpha value is -1.36. The van der Waals surface area contributed by atoms with Crippen molar-refractivity contribution in [3.63, 3.8) is 0 Å². The number of ether oxygens (including phenoxy) is 2. The smallest absolute Gasteiger partial charge is 0.316 e. The van der Waals surface area contributed by atoms with E-state index in [0.29, 0.717) is 12.4 Å². The van der Waals surface area contributed by atoms with Crippen molar-refractivity contribution in [1.29, 1.82) is 0 Å². The van der Waals surface area contributed by atoms with E-state index in [0.717, 1.165) is 11.5 Å². The molecule has 0 aromatic heterocycles. The maximum atomic E-state index is 10.7. The van der Waals surface area contributed by atoms with Crippen LogP contribution in [0.5, 0.6) is 11.5 Å². The summed E-state index contributed by atoms with van der Waals surface area (Å²) in [6.07, 6.45) is -0.0864. The van der Waals surface area contributed by atoms with Crippen LogP contribution in [0.2, 0.25) is 0 Å². The van der Waals surface area contributed by atoms with Crippen LogP contribution in [0.25, 0.3) is 0 Å². The third kappa shape index (κ3) is 3.06. The number of rotatable bonds is 4. The van der Waals surface area contributed by atoms with E-state index in [-0.39, 0.29) is 6.10 Å². The van der Waals surface area contributed by atoms with Crippen molar-refractivity contribution in [2.75, 3.05) is 12.4 Å². The van der Waals surface area contributed by atoms with Crippen LogP contribution in [0.3, 0.4) is 0 Å². The molecule has 92 valence electrons. The van der Waals surface area contributed by atoms with Gasteiger partial charge in [0.15, 0.2) is 11.5 Å². The number of fused-ring (bicyclic) bond motifs is 1. The van der Waals surface area contributed by atoms with Gasteiger partial charge < -0.3 is 14.6 Å². The minimum Gasteiger partial charge on any atom is -0.486 e. The normalized spacial score (nSPS) is 19.7. The zero-order valence-electron chi connectivity index (χ0n) is 9.46. The van der Waals surface area contributed by atoms with Gasteiger partial charge in [0, 0.05) is 5.75 Å². The van der Waals surface area contributed by atoms with E-state index >= 15 is 0 Å². The number of benzene rings is 1. The topological polar surface area (TPSA) is 55.8 Å². The summed E-state index contributed by atoms with van der Waals surface area (Å²) >= 11 is 1.36. The lowest BCUT2D eigenvalue weighted by Crippen LogP contribution is -2.32. The van der Waals surface area contributed by atoms with E-state index in [9.17, 15) is 4.79 Å². The molecule has 0 saturated heterocycles. The van der Waals surface area contributed by atoms with E-state index in [4.69, 9.17) is 14.6 Å². The van der Waals surface area contributed by atoms with Gasteiger partial charge in [0.1, 0.15) is 12.7 Å². The number of hydrogen-bond acceptors (Lipinski definition) is 4. The fourth-order valence-electron chi connectivity index (χ4n) is 1.47. The van der Waals surface area contributed by atoms with Gasteiger partial charge in [0.2, 0.25) is 0 Å². The van der Waals surface area contributed by atoms with Gasteiger partial charge in [-0.25, -0.2) is 0 Å². The molecule has 1 N–H and O–H groups in total. The molecule has 5 heteroatoms. The molecule has 2 atom stereocenters. The Balaban J connectivity index is 1.88. The third-order valence-corrected chi connectivity index (χ3v) is 3.71. The molecule has 0 bridgehead atoms. The van der Waals surface area contributed by atoms with E-state index in [2.05, 4.69) is 0 Å². The predicted octanol–water partition coefficient (Wildman–Crippen LogP) is 2.03. The molecule has 0 aliphatic carbocycles. The average molecular weight is 254 g/mol. The van der Waals surface area contributed by atoms with Gasteiger partial charge in [-0.2, -0.15) is 0 Å². The zero-order chi connectivity index (χ0) is 12.3. The largest absolute Gasteiger partial charge is 0.486 e. The van der Waals surface area contributed by atoms with Crippen LogP contribution >= 0.6 is 11.8 Å². The Kier molecular flexibility index (Phi) is 3.78. The lowest BCUT2D eigenvalue weighted by Gasteiger charge is -2.26. The molecule has 2 unspecified atom stereocenters. The molecule has 1 aromatic rings. The second-order valence-corrected chi connectivity index (χ2v) is 5.19. The maximum Gasteiger partial charge on any atom is 0.316 e. The molecule has 0 radical (unpaired) electrons. The first-order chi connectivity index (χ1) is 8.16. The first kappa shape index (κ1) is 12.1. The van der Waals surface area contributed by atoms with Crippen molar-refractivity contribution in [3.8, 4) is 11.5 Å². The van der Waals surface area contributed by atoms with Crippen LogP contribution in [0.15, 0.2) is 24.3 Å². The standard InChI is InChI=1S/C12H14O4S/c1-8(12(13)14)17-7-9-6-15-10-4-2-3-5-11(10)16-9/h2-5,8-9H,6-7H2,1H3,(H,13,14). The third-order valence-electron chi connectivity index (χ3n) is 2.45. The molecule has 0 saturated carbocycles. The molecule has 0 amide bonds. The quantitative estimate of drug-likeness (QED) is 0.891. The Labute approximate surface area is 104 Å². The van der Waals surface area contributed by atoms with Crippen molar-refractivity contribution in [2.24, 2.45) is 0 Å². The second-order valence-electron chi connectivity index (χ2n) is 3.81. The van der Waals surface area contributed by atoms with Gasteiger partial charge in [-0.1, -0.05) is 12.1 Å². The highest BCUT2D eigenvalue weighted by Crippen LogP contribution is 2.31. The predicted molar refractivity (Wildman–Crippen MR) is 65.9 cm³/mol. The van der Waals surface area contributed by atoms with Crippen molar-refractivity contribution in [3.05, 3.63) is 24.3 Å². The Morgan fingerprint density at radius 1 is 1.53 bits per heavy atom. The summed E-state index contributed by atoms with van der Waals surface area (Å²) in [5.41, 5.74) is 0. The fourth-order valence-corrected chi connectivity index (χ4v) is 2.28. The molecular formula is C12H14O4S. The van der Waals surface area contributed by atoms with Crippen molar-refractivity contribution in [2.45, 2.75) is 18.3 Å². The second kappa shape index (κ2) is 5.31. The Morgan fingerprint density at radius 2 is 2.24 bits per heavy atom. The molecule has 4 nitrogen and oxygen atoms in total. The molecule has 1 aliphatic rings. The van der Waals surface area contributed by atoms with Crippen LogP contribution in [0, 0.1) is 0 Å². The number of para-hydroxylation sites is 2. The first-order valence-electron chi connectivity index (χ1n) is 5.39. The number of carbonyl (C=O) groups is 1. The van der Waals surface area contributed by atoms with Crippen LogP contribution in [0.1, 0.15) is 6.92 Å². The maximum absolute atomic E-state index is 10.7. The lowest BCUT2D eigenvalue weighted by molar-refractivity contribution is -0.136. The summed E-state index contributed by atoms with van der Waals surface area (Å²) in [6.45, 7) is 2.14. The highest BCUT2D eigenvalue weighted by molar-refractivity contribution is 8.00. The fraction of sp³-hybridized carbons (Fsp3) is 0.417. The molecule has 0 fully saturated rings. The van der Waals surface area contributed by atoms with Gasteiger partial charge >= 0.3 is 5.97 Å². The molecule has 1 aliphatic heterocycles. The number of carboxylic acids is 1. The van der Waals surface area contributed by atoms with Crippen molar-refractivity contribution >= 4 is 17.7 Å². The summed E-state index contributed by atoms with van der Waals surface area (Å²) in [5.74, 6) is 1.29. The average Bonchev–Trinajstić information content (AvgIpc) is 2.35. The summed E-state index contributed by atoms with van der Waals surface area (Å²) in [5, 5.41) is 8.36. The van der Waals surface area contributed by atoms with E-state index in [1.54, 1.807) is 6.92 Å². The summed E-state index contributed by atoms with van der Waals surface area (Å²) in [4.78, 5) is 10.7. The monoisotopic (exact) mass is 254 g/mol. The van der Waals surface area contributed by atoms with Gasteiger partial charge in [-0.05, 0) is 19.1 Å². The summed E-state index contributed by atoms with van der Waals surface area (Å²) in [7, 11) is 0.